The van der Waals surface area contributed by atoms with Crippen LogP contribution in [-0.2, 0) is 11.2 Å². The van der Waals surface area contributed by atoms with Crippen LogP contribution < -0.4 is 5.32 Å². The third kappa shape index (κ3) is 4.43. The second-order valence-corrected chi connectivity index (χ2v) is 5.29. The van der Waals surface area contributed by atoms with E-state index in [9.17, 15) is 0 Å². The fraction of sp³-hybridized carbons (Fsp3) is 0.625. The van der Waals surface area contributed by atoms with E-state index < -0.39 is 0 Å². The number of aryl methyl sites for hydroxylation is 2. The minimum atomic E-state index is 0.513. The lowest BCUT2D eigenvalue weighted by molar-refractivity contribution is 0.192. The van der Waals surface area contributed by atoms with Gasteiger partial charge in [-0.25, -0.2) is 0 Å². The van der Waals surface area contributed by atoms with Crippen LogP contribution in [0, 0.1) is 19.8 Å². The maximum atomic E-state index is 5.07. The summed E-state index contributed by atoms with van der Waals surface area (Å²) in [6.45, 7) is 10.7. The van der Waals surface area contributed by atoms with Gasteiger partial charge in [-0.1, -0.05) is 25.1 Å². The van der Waals surface area contributed by atoms with Gasteiger partial charge in [0.05, 0.1) is 6.61 Å². The van der Waals surface area contributed by atoms with Crippen LogP contribution in [0.4, 0.5) is 0 Å². The lowest BCUT2D eigenvalue weighted by atomic mass is 9.90. The van der Waals surface area contributed by atoms with Gasteiger partial charge in [0.2, 0.25) is 0 Å². The number of nitrogens with one attached hydrogen (secondary N) is 1. The number of ether oxygens (including phenoxy) is 1. The summed E-state index contributed by atoms with van der Waals surface area (Å²) in [5.41, 5.74) is 4.32. The van der Waals surface area contributed by atoms with Crippen molar-refractivity contribution < 1.29 is 4.74 Å². The van der Waals surface area contributed by atoms with Crippen LogP contribution in [0.5, 0.6) is 0 Å². The monoisotopic (exact) mass is 249 g/mol. The summed E-state index contributed by atoms with van der Waals surface area (Å²) in [5.74, 6) is 0.627. The Hall–Kier alpha value is -0.860. The molecule has 0 aliphatic rings. The van der Waals surface area contributed by atoms with Gasteiger partial charge in [-0.15, -0.1) is 0 Å². The fourth-order valence-corrected chi connectivity index (χ4v) is 2.26. The van der Waals surface area contributed by atoms with Crippen molar-refractivity contribution in [3.63, 3.8) is 0 Å². The van der Waals surface area contributed by atoms with E-state index in [0.717, 1.165) is 19.6 Å². The molecule has 1 aromatic carbocycles. The molecule has 0 aliphatic heterocycles. The standard InChI is InChI=1S/C16H27NO/c1-12-7-6-8-13(2)16(12)11-14(3)15(4)17-9-10-18-5/h6-8,14-15,17H,9-11H2,1-5H3. The number of methoxy groups -OCH3 is 1. The van der Waals surface area contributed by atoms with Crippen molar-refractivity contribution in [2.24, 2.45) is 5.92 Å². The van der Waals surface area contributed by atoms with Gasteiger partial charge >= 0.3 is 0 Å². The van der Waals surface area contributed by atoms with Gasteiger partial charge in [0.1, 0.15) is 0 Å². The van der Waals surface area contributed by atoms with Crippen molar-refractivity contribution in [2.45, 2.75) is 40.2 Å². The maximum Gasteiger partial charge on any atom is 0.0587 e. The van der Waals surface area contributed by atoms with Gasteiger partial charge in [-0.05, 0) is 49.8 Å². The highest BCUT2D eigenvalue weighted by Gasteiger charge is 2.14. The molecule has 0 spiro atoms. The van der Waals surface area contributed by atoms with Crippen molar-refractivity contribution in [1.82, 2.24) is 5.32 Å². The molecule has 1 rings (SSSR count). The van der Waals surface area contributed by atoms with Gasteiger partial charge in [0.25, 0.3) is 0 Å². The van der Waals surface area contributed by atoms with Gasteiger partial charge in [0.15, 0.2) is 0 Å². The van der Waals surface area contributed by atoms with E-state index in [1.807, 2.05) is 0 Å². The fourth-order valence-electron chi connectivity index (χ4n) is 2.26. The minimum absolute atomic E-state index is 0.513. The van der Waals surface area contributed by atoms with E-state index in [-0.39, 0.29) is 0 Å². The molecule has 1 N–H and O–H groups in total. The van der Waals surface area contributed by atoms with Crippen LogP contribution >= 0.6 is 0 Å². The summed E-state index contributed by atoms with van der Waals surface area (Å²) in [4.78, 5) is 0. The first-order chi connectivity index (χ1) is 8.56. The number of hydrogen-bond donors (Lipinski definition) is 1. The van der Waals surface area contributed by atoms with Crippen molar-refractivity contribution >= 4 is 0 Å². The first-order valence-electron chi connectivity index (χ1n) is 6.83. The number of benzene rings is 1. The Morgan fingerprint density at radius 1 is 1.17 bits per heavy atom. The lowest BCUT2D eigenvalue weighted by Gasteiger charge is -2.23. The van der Waals surface area contributed by atoms with E-state index >= 15 is 0 Å². The number of rotatable bonds is 7. The zero-order chi connectivity index (χ0) is 13.5. The molecule has 0 aliphatic carbocycles. The summed E-state index contributed by atoms with van der Waals surface area (Å²) < 4.78 is 5.07. The molecule has 2 atom stereocenters. The Bertz CT molecular complexity index is 342. The average Bonchev–Trinajstić information content (AvgIpc) is 2.34. The first-order valence-corrected chi connectivity index (χ1v) is 6.83. The van der Waals surface area contributed by atoms with E-state index in [2.05, 4.69) is 51.2 Å². The molecule has 18 heavy (non-hydrogen) atoms. The molecule has 0 bridgehead atoms. The van der Waals surface area contributed by atoms with E-state index in [0.29, 0.717) is 12.0 Å². The molecule has 2 unspecified atom stereocenters. The molecule has 0 saturated heterocycles. The third-order valence-corrected chi connectivity index (χ3v) is 3.80. The van der Waals surface area contributed by atoms with Crippen molar-refractivity contribution in [1.29, 1.82) is 0 Å². The summed E-state index contributed by atoms with van der Waals surface area (Å²) in [6, 6.07) is 7.06. The van der Waals surface area contributed by atoms with Crippen LogP contribution in [0.15, 0.2) is 18.2 Å². The molecule has 0 heterocycles. The number of hydrogen-bond acceptors (Lipinski definition) is 2. The van der Waals surface area contributed by atoms with Crippen LogP contribution in [-0.4, -0.2) is 26.3 Å². The van der Waals surface area contributed by atoms with Crippen molar-refractivity contribution in [3.05, 3.63) is 34.9 Å². The van der Waals surface area contributed by atoms with Crippen LogP contribution in [0.25, 0.3) is 0 Å². The largest absolute Gasteiger partial charge is 0.383 e. The Morgan fingerprint density at radius 2 is 1.78 bits per heavy atom. The molecule has 0 fully saturated rings. The molecule has 1 aromatic rings. The highest BCUT2D eigenvalue weighted by Crippen LogP contribution is 2.19. The summed E-state index contributed by atoms with van der Waals surface area (Å²) in [6.07, 6.45) is 1.14. The summed E-state index contributed by atoms with van der Waals surface area (Å²) >= 11 is 0. The predicted molar refractivity (Wildman–Crippen MR) is 78.1 cm³/mol. The zero-order valence-electron chi connectivity index (χ0n) is 12.4. The van der Waals surface area contributed by atoms with Gasteiger partial charge in [0, 0.05) is 19.7 Å². The molecule has 0 aromatic heterocycles. The Balaban J connectivity index is 2.55. The smallest absolute Gasteiger partial charge is 0.0587 e. The third-order valence-electron chi connectivity index (χ3n) is 3.80. The van der Waals surface area contributed by atoms with Crippen LogP contribution in [0.3, 0.4) is 0 Å². The van der Waals surface area contributed by atoms with Crippen LogP contribution in [0.2, 0.25) is 0 Å². The Labute approximate surface area is 112 Å². The van der Waals surface area contributed by atoms with E-state index in [4.69, 9.17) is 4.74 Å². The van der Waals surface area contributed by atoms with Gasteiger partial charge in [-0.2, -0.15) is 0 Å². The average molecular weight is 249 g/mol. The lowest BCUT2D eigenvalue weighted by Crippen LogP contribution is -2.35. The molecule has 0 saturated carbocycles. The quantitative estimate of drug-likeness (QED) is 0.750. The second kappa shape index (κ2) is 7.55. The highest BCUT2D eigenvalue weighted by atomic mass is 16.5. The SMILES string of the molecule is COCCNC(C)C(C)Cc1c(C)cccc1C. The molecule has 0 amide bonds. The second-order valence-electron chi connectivity index (χ2n) is 5.29. The molecule has 2 heteroatoms. The first kappa shape index (κ1) is 15.2. The van der Waals surface area contributed by atoms with E-state index in [1.165, 1.54) is 16.7 Å². The van der Waals surface area contributed by atoms with Gasteiger partial charge in [-0.3, -0.25) is 0 Å². The van der Waals surface area contributed by atoms with E-state index in [1.54, 1.807) is 7.11 Å². The normalized spacial score (nSPS) is 14.5. The topological polar surface area (TPSA) is 21.3 Å². The minimum Gasteiger partial charge on any atom is -0.383 e. The molecule has 2 nitrogen and oxygen atoms in total. The Kier molecular flexibility index (Phi) is 6.37. The maximum absolute atomic E-state index is 5.07. The molecular weight excluding hydrogens is 222 g/mol. The van der Waals surface area contributed by atoms with Crippen molar-refractivity contribution in [3.8, 4) is 0 Å². The van der Waals surface area contributed by atoms with Gasteiger partial charge < -0.3 is 10.1 Å². The Morgan fingerprint density at radius 3 is 2.33 bits per heavy atom. The molecule has 102 valence electrons. The zero-order valence-corrected chi connectivity index (χ0v) is 12.4. The van der Waals surface area contributed by atoms with Crippen molar-refractivity contribution in [2.75, 3.05) is 20.3 Å². The van der Waals surface area contributed by atoms with Crippen LogP contribution in [0.1, 0.15) is 30.5 Å². The molecule has 0 radical (unpaired) electrons. The highest BCUT2D eigenvalue weighted by molar-refractivity contribution is 5.33. The predicted octanol–water partition coefficient (Wildman–Crippen LogP) is 3.11. The molecular formula is C16H27NO. The summed E-state index contributed by atoms with van der Waals surface area (Å²) in [7, 11) is 1.74. The summed E-state index contributed by atoms with van der Waals surface area (Å²) in [5, 5.41) is 3.52.